The largest absolute Gasteiger partial charge is 0.416 e. The van der Waals surface area contributed by atoms with Crippen LogP contribution in [-0.4, -0.2) is 5.91 Å². The molecule has 3 rings (SSSR count). The van der Waals surface area contributed by atoms with Crippen LogP contribution in [0.1, 0.15) is 22.3 Å². The van der Waals surface area contributed by atoms with Crippen molar-refractivity contribution in [3.63, 3.8) is 0 Å². The number of carbonyl (C=O) groups excluding carboxylic acids is 1. The predicted molar refractivity (Wildman–Crippen MR) is 79.1 cm³/mol. The first kappa shape index (κ1) is 14.4. The average molecular weight is 303 g/mol. The van der Waals surface area contributed by atoms with Gasteiger partial charge in [-0.05, 0) is 36.3 Å². The zero-order valence-electron chi connectivity index (χ0n) is 11.7. The smallest absolute Gasteiger partial charge is 0.321 e. The zero-order chi connectivity index (χ0) is 15.9. The van der Waals surface area contributed by atoms with Gasteiger partial charge in [-0.25, -0.2) is 0 Å². The van der Waals surface area contributed by atoms with Crippen LogP contribution in [0, 0.1) is 6.92 Å². The molecule has 0 spiro atoms. The molecule has 1 amide bonds. The second-order valence-electron chi connectivity index (χ2n) is 5.15. The van der Waals surface area contributed by atoms with Crippen molar-refractivity contribution in [3.05, 3.63) is 64.7 Å². The van der Waals surface area contributed by atoms with E-state index in [1.54, 1.807) is 12.1 Å². The molecule has 5 heteroatoms. The molecule has 1 heterocycles. The minimum atomic E-state index is -4.46. The SMILES string of the molecule is Cc1ccc2c(c1)NC(=O)C2=Cc1ccccc1C(F)(F)F. The first-order valence-corrected chi connectivity index (χ1v) is 6.66. The average Bonchev–Trinajstić information content (AvgIpc) is 2.74. The van der Waals surface area contributed by atoms with Gasteiger partial charge >= 0.3 is 6.18 Å². The number of aryl methyl sites for hydroxylation is 1. The van der Waals surface area contributed by atoms with E-state index in [1.807, 2.05) is 13.0 Å². The van der Waals surface area contributed by atoms with Crippen LogP contribution in [0.2, 0.25) is 0 Å². The van der Waals surface area contributed by atoms with Crippen molar-refractivity contribution in [2.24, 2.45) is 0 Å². The van der Waals surface area contributed by atoms with E-state index in [2.05, 4.69) is 5.32 Å². The number of alkyl halides is 3. The van der Waals surface area contributed by atoms with Gasteiger partial charge in [0.2, 0.25) is 0 Å². The number of fused-ring (bicyclic) bond motifs is 1. The molecule has 1 aliphatic heterocycles. The molecule has 0 aliphatic carbocycles. The summed E-state index contributed by atoms with van der Waals surface area (Å²) in [5, 5.41) is 2.68. The van der Waals surface area contributed by atoms with Crippen molar-refractivity contribution in [1.29, 1.82) is 0 Å². The number of rotatable bonds is 1. The highest BCUT2D eigenvalue weighted by molar-refractivity contribution is 6.35. The van der Waals surface area contributed by atoms with Gasteiger partial charge in [-0.15, -0.1) is 0 Å². The summed E-state index contributed by atoms with van der Waals surface area (Å²) >= 11 is 0. The Bertz CT molecular complexity index is 791. The number of benzene rings is 2. The van der Waals surface area contributed by atoms with Gasteiger partial charge in [0.25, 0.3) is 5.91 Å². The Hall–Kier alpha value is -2.56. The second-order valence-corrected chi connectivity index (χ2v) is 5.15. The van der Waals surface area contributed by atoms with E-state index in [0.29, 0.717) is 11.3 Å². The van der Waals surface area contributed by atoms with Gasteiger partial charge in [-0.1, -0.05) is 30.3 Å². The van der Waals surface area contributed by atoms with Crippen LogP contribution in [0.5, 0.6) is 0 Å². The molecular weight excluding hydrogens is 291 g/mol. The summed E-state index contributed by atoms with van der Waals surface area (Å²) in [7, 11) is 0. The van der Waals surface area contributed by atoms with Gasteiger partial charge in [0.1, 0.15) is 0 Å². The lowest BCUT2D eigenvalue weighted by Crippen LogP contribution is -2.08. The molecule has 0 bridgehead atoms. The Labute approximate surface area is 125 Å². The monoisotopic (exact) mass is 303 g/mol. The van der Waals surface area contributed by atoms with Gasteiger partial charge in [0, 0.05) is 16.8 Å². The minimum absolute atomic E-state index is 0.0198. The van der Waals surface area contributed by atoms with E-state index in [9.17, 15) is 18.0 Å². The number of hydrogen-bond donors (Lipinski definition) is 1. The van der Waals surface area contributed by atoms with E-state index in [1.165, 1.54) is 24.3 Å². The molecule has 0 fully saturated rings. The van der Waals surface area contributed by atoms with E-state index >= 15 is 0 Å². The molecule has 2 nitrogen and oxygen atoms in total. The number of nitrogens with one attached hydrogen (secondary N) is 1. The van der Waals surface area contributed by atoms with Gasteiger partial charge < -0.3 is 5.32 Å². The summed E-state index contributed by atoms with van der Waals surface area (Å²) in [5.41, 5.74) is 1.68. The van der Waals surface area contributed by atoms with E-state index < -0.39 is 17.6 Å². The first-order chi connectivity index (χ1) is 10.4. The van der Waals surface area contributed by atoms with Crippen LogP contribution < -0.4 is 5.32 Å². The number of anilines is 1. The van der Waals surface area contributed by atoms with Crippen LogP contribution >= 0.6 is 0 Å². The quantitative estimate of drug-likeness (QED) is 0.772. The van der Waals surface area contributed by atoms with Crippen molar-refractivity contribution in [1.82, 2.24) is 0 Å². The molecule has 0 radical (unpaired) electrons. The van der Waals surface area contributed by atoms with Crippen LogP contribution in [0.25, 0.3) is 11.6 Å². The molecule has 2 aromatic carbocycles. The second kappa shape index (κ2) is 5.02. The Balaban J connectivity index is 2.14. The molecule has 0 saturated carbocycles. The number of carbonyl (C=O) groups is 1. The molecule has 1 aliphatic rings. The van der Waals surface area contributed by atoms with Crippen molar-refractivity contribution >= 4 is 23.2 Å². The summed E-state index contributed by atoms with van der Waals surface area (Å²) in [6.07, 6.45) is -3.17. The van der Waals surface area contributed by atoms with Gasteiger partial charge in [-0.2, -0.15) is 13.2 Å². The Morgan fingerprint density at radius 1 is 1.09 bits per heavy atom. The van der Waals surface area contributed by atoms with Crippen LogP contribution in [-0.2, 0) is 11.0 Å². The standard InChI is InChI=1S/C17H12F3NO/c1-10-6-7-12-13(16(22)21-15(12)8-10)9-11-4-2-3-5-14(11)17(18,19)20/h2-9H,1H3,(H,21,22). The molecule has 112 valence electrons. The molecule has 2 aromatic rings. The maximum absolute atomic E-state index is 13.0. The highest BCUT2D eigenvalue weighted by Crippen LogP contribution is 2.37. The molecule has 0 unspecified atom stereocenters. The highest BCUT2D eigenvalue weighted by Gasteiger charge is 2.33. The molecule has 0 atom stereocenters. The summed E-state index contributed by atoms with van der Waals surface area (Å²) in [6, 6.07) is 10.6. The maximum Gasteiger partial charge on any atom is 0.416 e. The van der Waals surface area contributed by atoms with Crippen molar-refractivity contribution < 1.29 is 18.0 Å². The van der Waals surface area contributed by atoms with E-state index in [0.717, 1.165) is 11.6 Å². The molecule has 0 aromatic heterocycles. The van der Waals surface area contributed by atoms with Gasteiger partial charge in [-0.3, -0.25) is 4.79 Å². The number of hydrogen-bond acceptors (Lipinski definition) is 1. The number of amides is 1. The number of halogens is 3. The Morgan fingerprint density at radius 3 is 2.55 bits per heavy atom. The molecule has 22 heavy (non-hydrogen) atoms. The fourth-order valence-corrected chi connectivity index (χ4v) is 2.49. The lowest BCUT2D eigenvalue weighted by Gasteiger charge is -2.10. The first-order valence-electron chi connectivity index (χ1n) is 6.66. The third-order valence-corrected chi connectivity index (χ3v) is 3.52. The summed E-state index contributed by atoms with van der Waals surface area (Å²) in [6.45, 7) is 1.88. The summed E-state index contributed by atoms with van der Waals surface area (Å²) < 4.78 is 39.1. The highest BCUT2D eigenvalue weighted by atomic mass is 19.4. The van der Waals surface area contributed by atoms with E-state index in [-0.39, 0.29) is 11.1 Å². The summed E-state index contributed by atoms with van der Waals surface area (Å²) in [5.74, 6) is -0.391. The van der Waals surface area contributed by atoms with E-state index in [4.69, 9.17) is 0 Å². The zero-order valence-corrected chi connectivity index (χ0v) is 11.7. The van der Waals surface area contributed by atoms with Crippen molar-refractivity contribution in [2.45, 2.75) is 13.1 Å². The van der Waals surface area contributed by atoms with Crippen LogP contribution in [0.3, 0.4) is 0 Å². The maximum atomic E-state index is 13.0. The van der Waals surface area contributed by atoms with Gasteiger partial charge in [0.15, 0.2) is 0 Å². The van der Waals surface area contributed by atoms with Crippen molar-refractivity contribution in [3.8, 4) is 0 Å². The topological polar surface area (TPSA) is 29.1 Å². The lowest BCUT2D eigenvalue weighted by atomic mass is 10.00. The minimum Gasteiger partial charge on any atom is -0.321 e. The third-order valence-electron chi connectivity index (χ3n) is 3.52. The molecule has 0 saturated heterocycles. The van der Waals surface area contributed by atoms with Crippen LogP contribution in [0.4, 0.5) is 18.9 Å². The lowest BCUT2D eigenvalue weighted by molar-refractivity contribution is -0.137. The Kier molecular flexibility index (Phi) is 3.28. The molecule has 1 N–H and O–H groups in total. The predicted octanol–water partition coefficient (Wildman–Crippen LogP) is 4.51. The molecular formula is C17H12F3NO. The Morgan fingerprint density at radius 2 is 1.82 bits per heavy atom. The van der Waals surface area contributed by atoms with Gasteiger partial charge in [0.05, 0.1) is 5.56 Å². The van der Waals surface area contributed by atoms with Crippen LogP contribution in [0.15, 0.2) is 42.5 Å². The summed E-state index contributed by atoms with van der Waals surface area (Å²) in [4.78, 5) is 12.0. The normalized spacial score (nSPS) is 15.8. The fraction of sp³-hybridized carbons (Fsp3) is 0.118. The fourth-order valence-electron chi connectivity index (χ4n) is 2.49. The van der Waals surface area contributed by atoms with Crippen molar-refractivity contribution in [2.75, 3.05) is 5.32 Å². The third kappa shape index (κ3) is 2.50.